The fourth-order valence-corrected chi connectivity index (χ4v) is 2.95. The normalized spacial score (nSPS) is 20.8. The molecule has 1 aliphatic rings. The van der Waals surface area contributed by atoms with Crippen molar-refractivity contribution in [1.82, 2.24) is 5.32 Å². The van der Waals surface area contributed by atoms with Crippen LogP contribution in [0.5, 0.6) is 0 Å². The van der Waals surface area contributed by atoms with Crippen LogP contribution in [0.15, 0.2) is 18.2 Å². The van der Waals surface area contributed by atoms with Crippen molar-refractivity contribution in [2.75, 3.05) is 0 Å². The van der Waals surface area contributed by atoms with Gasteiger partial charge in [-0.1, -0.05) is 23.7 Å². The van der Waals surface area contributed by atoms with E-state index in [1.165, 1.54) is 0 Å². The highest BCUT2D eigenvalue weighted by Crippen LogP contribution is 2.40. The first-order valence-electron chi connectivity index (χ1n) is 7.02. The molecule has 0 aliphatic heterocycles. The van der Waals surface area contributed by atoms with Crippen molar-refractivity contribution in [1.29, 1.82) is 0 Å². The van der Waals surface area contributed by atoms with Crippen molar-refractivity contribution in [3.63, 3.8) is 0 Å². The summed E-state index contributed by atoms with van der Waals surface area (Å²) < 4.78 is 5.30. The zero-order valence-electron chi connectivity index (χ0n) is 12.5. The van der Waals surface area contributed by atoms with E-state index in [0.29, 0.717) is 17.9 Å². The SMILES string of the molecule is CC(C)(C)OC(=O)N[C@@H]1c2cccc(Cl)c2C[C@H]1CC=O. The van der Waals surface area contributed by atoms with Gasteiger partial charge >= 0.3 is 6.09 Å². The second-order valence-electron chi connectivity index (χ2n) is 6.30. The summed E-state index contributed by atoms with van der Waals surface area (Å²) in [4.78, 5) is 22.9. The number of rotatable bonds is 3. The van der Waals surface area contributed by atoms with Gasteiger partial charge in [-0.2, -0.15) is 0 Å². The fraction of sp³-hybridized carbons (Fsp3) is 0.500. The van der Waals surface area contributed by atoms with Crippen LogP contribution in [-0.4, -0.2) is 18.0 Å². The highest BCUT2D eigenvalue weighted by molar-refractivity contribution is 6.31. The number of hydrogen-bond donors (Lipinski definition) is 1. The van der Waals surface area contributed by atoms with Gasteiger partial charge in [-0.05, 0) is 50.3 Å². The van der Waals surface area contributed by atoms with E-state index in [-0.39, 0.29) is 12.0 Å². The summed E-state index contributed by atoms with van der Waals surface area (Å²) in [7, 11) is 0. The van der Waals surface area contributed by atoms with Crippen molar-refractivity contribution in [2.45, 2.75) is 45.3 Å². The summed E-state index contributed by atoms with van der Waals surface area (Å²) >= 11 is 6.21. The standard InChI is InChI=1S/C16H20ClNO3/c1-16(2,3)21-15(20)18-14-10(7-8-19)9-12-11(14)5-4-6-13(12)17/h4-6,8,10,14H,7,9H2,1-3H3,(H,18,20)/t10-,14+/m1/s1. The van der Waals surface area contributed by atoms with Gasteiger partial charge in [0.2, 0.25) is 0 Å². The Morgan fingerprint density at radius 3 is 2.81 bits per heavy atom. The molecule has 2 rings (SSSR count). The third kappa shape index (κ3) is 3.76. The lowest BCUT2D eigenvalue weighted by atomic mass is 9.98. The van der Waals surface area contributed by atoms with Gasteiger partial charge < -0.3 is 14.8 Å². The molecule has 1 N–H and O–H groups in total. The third-order valence-electron chi connectivity index (χ3n) is 3.50. The number of alkyl carbamates (subject to hydrolysis) is 1. The van der Waals surface area contributed by atoms with Crippen LogP contribution in [0.2, 0.25) is 5.02 Å². The molecule has 0 unspecified atom stereocenters. The Kier molecular flexibility index (Phi) is 4.57. The molecule has 0 fully saturated rings. The molecule has 1 amide bonds. The van der Waals surface area contributed by atoms with Gasteiger partial charge in [-0.25, -0.2) is 4.79 Å². The number of carbonyl (C=O) groups is 2. The van der Waals surface area contributed by atoms with E-state index in [0.717, 1.165) is 17.4 Å². The minimum absolute atomic E-state index is 0.0184. The van der Waals surface area contributed by atoms with Gasteiger partial charge in [0.1, 0.15) is 11.9 Å². The van der Waals surface area contributed by atoms with Crippen molar-refractivity contribution in [3.05, 3.63) is 34.3 Å². The second kappa shape index (κ2) is 6.06. The molecule has 1 aliphatic carbocycles. The number of carbonyl (C=O) groups excluding carboxylic acids is 2. The third-order valence-corrected chi connectivity index (χ3v) is 3.85. The number of fused-ring (bicyclic) bond motifs is 1. The molecule has 5 heteroatoms. The highest BCUT2D eigenvalue weighted by atomic mass is 35.5. The van der Waals surface area contributed by atoms with Crippen LogP contribution in [0.4, 0.5) is 4.79 Å². The molecule has 114 valence electrons. The number of ether oxygens (including phenoxy) is 1. The molecule has 0 spiro atoms. The molecule has 1 aromatic rings. The lowest BCUT2D eigenvalue weighted by Gasteiger charge is -2.24. The van der Waals surface area contributed by atoms with E-state index in [9.17, 15) is 9.59 Å². The highest BCUT2D eigenvalue weighted by Gasteiger charge is 2.35. The molecule has 0 heterocycles. The Bertz CT molecular complexity index is 551. The lowest BCUT2D eigenvalue weighted by molar-refractivity contribution is -0.108. The molecular weight excluding hydrogens is 290 g/mol. The van der Waals surface area contributed by atoms with Gasteiger partial charge in [0.05, 0.1) is 6.04 Å². The number of benzene rings is 1. The van der Waals surface area contributed by atoms with Crippen LogP contribution in [0, 0.1) is 5.92 Å². The van der Waals surface area contributed by atoms with Gasteiger partial charge in [-0.15, -0.1) is 0 Å². The summed E-state index contributed by atoms with van der Waals surface area (Å²) in [5.74, 6) is 0.0184. The number of aldehydes is 1. The van der Waals surface area contributed by atoms with Crippen molar-refractivity contribution < 1.29 is 14.3 Å². The zero-order chi connectivity index (χ0) is 15.6. The van der Waals surface area contributed by atoms with Crippen LogP contribution < -0.4 is 5.32 Å². The molecule has 4 nitrogen and oxygen atoms in total. The van der Waals surface area contributed by atoms with Crippen molar-refractivity contribution in [2.24, 2.45) is 5.92 Å². The van der Waals surface area contributed by atoms with E-state index in [4.69, 9.17) is 16.3 Å². The van der Waals surface area contributed by atoms with E-state index >= 15 is 0 Å². The molecule has 0 bridgehead atoms. The smallest absolute Gasteiger partial charge is 0.408 e. The maximum absolute atomic E-state index is 12.0. The van der Waals surface area contributed by atoms with Crippen molar-refractivity contribution >= 4 is 24.0 Å². The zero-order valence-corrected chi connectivity index (χ0v) is 13.2. The fourth-order valence-electron chi connectivity index (χ4n) is 2.69. The van der Waals surface area contributed by atoms with Crippen molar-refractivity contribution in [3.8, 4) is 0 Å². The molecule has 0 saturated heterocycles. The van der Waals surface area contributed by atoms with Gasteiger partial charge in [0, 0.05) is 11.4 Å². The Morgan fingerprint density at radius 1 is 1.48 bits per heavy atom. The Hall–Kier alpha value is -1.55. The monoisotopic (exact) mass is 309 g/mol. The molecule has 1 aromatic carbocycles. The first kappa shape index (κ1) is 15.8. The maximum Gasteiger partial charge on any atom is 0.408 e. The van der Waals surface area contributed by atoms with E-state index in [1.807, 2.05) is 39.0 Å². The largest absolute Gasteiger partial charge is 0.444 e. The van der Waals surface area contributed by atoms with Gasteiger partial charge in [0.15, 0.2) is 0 Å². The van der Waals surface area contributed by atoms with Crippen LogP contribution >= 0.6 is 11.6 Å². The van der Waals surface area contributed by atoms with Crippen LogP contribution in [0.3, 0.4) is 0 Å². The minimum Gasteiger partial charge on any atom is -0.444 e. The van der Waals surface area contributed by atoms with E-state index < -0.39 is 11.7 Å². The first-order valence-corrected chi connectivity index (χ1v) is 7.40. The average Bonchev–Trinajstić information content (AvgIpc) is 2.68. The van der Waals surface area contributed by atoms with E-state index in [2.05, 4.69) is 5.32 Å². The Balaban J connectivity index is 2.21. The predicted octanol–water partition coefficient (Wildman–Crippen LogP) is 3.67. The maximum atomic E-state index is 12.0. The topological polar surface area (TPSA) is 55.4 Å². The number of amides is 1. The number of nitrogens with one attached hydrogen (secondary N) is 1. The van der Waals surface area contributed by atoms with Crippen LogP contribution in [0.25, 0.3) is 0 Å². The molecule has 21 heavy (non-hydrogen) atoms. The molecule has 0 radical (unpaired) electrons. The quantitative estimate of drug-likeness (QED) is 0.867. The summed E-state index contributed by atoms with van der Waals surface area (Å²) in [6.07, 6.45) is 1.48. The Morgan fingerprint density at radius 2 is 2.19 bits per heavy atom. The van der Waals surface area contributed by atoms with Gasteiger partial charge in [0.25, 0.3) is 0 Å². The predicted molar refractivity (Wildman–Crippen MR) is 81.4 cm³/mol. The van der Waals surface area contributed by atoms with Gasteiger partial charge in [-0.3, -0.25) is 0 Å². The average molecular weight is 310 g/mol. The molecule has 0 saturated carbocycles. The summed E-state index contributed by atoms with van der Waals surface area (Å²) in [5.41, 5.74) is 1.42. The molecular formula is C16H20ClNO3. The lowest BCUT2D eigenvalue weighted by Crippen LogP contribution is -2.36. The second-order valence-corrected chi connectivity index (χ2v) is 6.71. The number of hydrogen-bond acceptors (Lipinski definition) is 3. The minimum atomic E-state index is -0.556. The molecule has 2 atom stereocenters. The number of halogens is 1. The van der Waals surface area contributed by atoms with Crippen LogP contribution in [0.1, 0.15) is 44.4 Å². The summed E-state index contributed by atoms with van der Waals surface area (Å²) in [6.45, 7) is 5.44. The summed E-state index contributed by atoms with van der Waals surface area (Å²) in [5, 5.41) is 3.55. The molecule has 0 aromatic heterocycles. The van der Waals surface area contributed by atoms with E-state index in [1.54, 1.807) is 0 Å². The summed E-state index contributed by atoms with van der Waals surface area (Å²) in [6, 6.07) is 5.38. The van der Waals surface area contributed by atoms with Crippen LogP contribution in [-0.2, 0) is 16.0 Å². The Labute approximate surface area is 129 Å². The first-order chi connectivity index (χ1) is 9.81.